The van der Waals surface area contributed by atoms with Crippen molar-refractivity contribution in [3.8, 4) is 11.6 Å². The molecule has 0 saturated heterocycles. The monoisotopic (exact) mass is 368 g/mol. The zero-order valence-corrected chi connectivity index (χ0v) is 14.7. The summed E-state index contributed by atoms with van der Waals surface area (Å²) >= 11 is 1.01. The zero-order valence-electron chi connectivity index (χ0n) is 13.9. The molecule has 1 atom stereocenters. The summed E-state index contributed by atoms with van der Waals surface area (Å²) in [4.78, 5) is 25.8. The molecule has 0 spiro atoms. The van der Waals surface area contributed by atoms with Crippen LogP contribution in [-0.2, 0) is 6.42 Å². The van der Waals surface area contributed by atoms with Crippen LogP contribution in [0.15, 0.2) is 47.5 Å². The lowest BCUT2D eigenvalue weighted by Crippen LogP contribution is -2.05. The first kappa shape index (κ1) is 16.3. The van der Waals surface area contributed by atoms with E-state index in [-0.39, 0.29) is 16.9 Å². The summed E-state index contributed by atoms with van der Waals surface area (Å²) in [7, 11) is 0. The van der Waals surface area contributed by atoms with Gasteiger partial charge < -0.3 is 14.8 Å². The smallest absolute Gasteiger partial charge is 0.307 e. The van der Waals surface area contributed by atoms with Crippen LogP contribution >= 0.6 is 11.3 Å². The largest absolute Gasteiger partial charge is 0.494 e. The second-order valence-corrected chi connectivity index (χ2v) is 6.95. The van der Waals surface area contributed by atoms with E-state index in [1.807, 2.05) is 37.3 Å². The van der Waals surface area contributed by atoms with Gasteiger partial charge in [0, 0.05) is 12.6 Å². The molecule has 4 aromatic rings. The molecular weight excluding hydrogens is 352 g/mol. The maximum absolute atomic E-state index is 11.2. The predicted molar refractivity (Wildman–Crippen MR) is 98.8 cm³/mol. The average Bonchev–Trinajstić information content (AvgIpc) is 3.19. The van der Waals surface area contributed by atoms with E-state index in [2.05, 4.69) is 19.9 Å². The Morgan fingerprint density at radius 3 is 2.73 bits per heavy atom. The fourth-order valence-electron chi connectivity index (χ4n) is 2.67. The van der Waals surface area contributed by atoms with Gasteiger partial charge >= 0.3 is 4.87 Å². The van der Waals surface area contributed by atoms with Gasteiger partial charge in [-0.3, -0.25) is 14.8 Å². The van der Waals surface area contributed by atoms with Gasteiger partial charge in [-0.15, -0.1) is 0 Å². The second-order valence-electron chi connectivity index (χ2n) is 5.88. The maximum atomic E-state index is 11.2. The molecule has 0 fully saturated rings. The lowest BCUT2D eigenvalue weighted by atomic mass is 10.1. The molecule has 1 aromatic carbocycles. The van der Waals surface area contributed by atoms with Crippen molar-refractivity contribution in [2.45, 2.75) is 19.4 Å². The van der Waals surface area contributed by atoms with Crippen molar-refractivity contribution >= 4 is 22.4 Å². The van der Waals surface area contributed by atoms with Gasteiger partial charge in [0.05, 0.1) is 22.1 Å². The summed E-state index contributed by atoms with van der Waals surface area (Å²) in [6.45, 7) is 1.92. The van der Waals surface area contributed by atoms with Crippen molar-refractivity contribution in [3.63, 3.8) is 0 Å². The summed E-state index contributed by atoms with van der Waals surface area (Å²) in [5.41, 5.74) is 2.70. The van der Waals surface area contributed by atoms with E-state index in [1.54, 1.807) is 12.4 Å². The van der Waals surface area contributed by atoms with Crippen LogP contribution in [0, 0.1) is 0 Å². The lowest BCUT2D eigenvalue weighted by molar-refractivity contribution is 0.218. The third-order valence-corrected chi connectivity index (χ3v) is 4.86. The minimum atomic E-state index is -0.257. The Bertz CT molecular complexity index is 1060. The Morgan fingerprint density at radius 1 is 1.23 bits per heavy atom. The topological polar surface area (TPSA) is 104 Å². The summed E-state index contributed by atoms with van der Waals surface area (Å²) < 4.78 is 5.95. The number of hydrogen-bond donors (Lipinski definition) is 3. The number of nitrogens with one attached hydrogen (secondary N) is 2. The molecule has 0 aliphatic carbocycles. The number of ether oxygens (including phenoxy) is 1. The van der Waals surface area contributed by atoms with Crippen LogP contribution in [0.4, 0.5) is 0 Å². The fraction of sp³-hybridized carbons (Fsp3) is 0.167. The molecule has 0 amide bonds. The first-order valence-electron chi connectivity index (χ1n) is 8.04. The highest BCUT2D eigenvalue weighted by Crippen LogP contribution is 2.24. The van der Waals surface area contributed by atoms with Gasteiger partial charge in [0.15, 0.2) is 6.10 Å². The van der Waals surface area contributed by atoms with Crippen LogP contribution in [0.1, 0.15) is 29.3 Å². The molecule has 0 radical (unpaired) electrons. The van der Waals surface area contributed by atoms with Crippen LogP contribution in [0.25, 0.3) is 11.0 Å². The number of H-pyrrole nitrogens is 2. The highest BCUT2D eigenvalue weighted by Gasteiger charge is 2.13. The predicted octanol–water partition coefficient (Wildman–Crippen LogP) is 3.14. The number of fused-ring (bicyclic) bond motifs is 1. The number of thiazole rings is 1. The molecule has 3 heterocycles. The Morgan fingerprint density at radius 2 is 2.04 bits per heavy atom. The van der Waals surface area contributed by atoms with Crippen LogP contribution in [-0.4, -0.2) is 25.0 Å². The van der Waals surface area contributed by atoms with Crippen LogP contribution in [0.3, 0.4) is 0 Å². The van der Waals surface area contributed by atoms with Crippen molar-refractivity contribution in [2.75, 3.05) is 0 Å². The molecule has 1 unspecified atom stereocenters. The fourth-order valence-corrected chi connectivity index (χ4v) is 3.43. The molecule has 0 bridgehead atoms. The van der Waals surface area contributed by atoms with Crippen molar-refractivity contribution in [2.24, 2.45) is 0 Å². The molecule has 0 saturated carbocycles. The number of imidazole rings is 1. The van der Waals surface area contributed by atoms with Crippen molar-refractivity contribution in [3.05, 3.63) is 68.7 Å². The number of hydrogen-bond acceptors (Lipinski definition) is 6. The van der Waals surface area contributed by atoms with Crippen molar-refractivity contribution < 1.29 is 9.84 Å². The minimum absolute atomic E-state index is 0.0617. The van der Waals surface area contributed by atoms with Crippen LogP contribution in [0.2, 0.25) is 0 Å². The van der Waals surface area contributed by atoms with Crippen molar-refractivity contribution in [1.82, 2.24) is 19.9 Å². The molecule has 26 heavy (non-hydrogen) atoms. The third-order valence-electron chi connectivity index (χ3n) is 3.99. The van der Waals surface area contributed by atoms with E-state index in [0.29, 0.717) is 17.0 Å². The van der Waals surface area contributed by atoms with Gasteiger partial charge in [-0.25, -0.2) is 4.98 Å². The Kier molecular flexibility index (Phi) is 4.18. The molecule has 0 aliphatic rings. The number of aromatic hydroxyl groups is 1. The molecule has 0 aliphatic heterocycles. The van der Waals surface area contributed by atoms with Crippen molar-refractivity contribution in [1.29, 1.82) is 0 Å². The van der Waals surface area contributed by atoms with Gasteiger partial charge in [-0.1, -0.05) is 23.5 Å². The van der Waals surface area contributed by atoms with E-state index in [9.17, 15) is 9.90 Å². The summed E-state index contributed by atoms with van der Waals surface area (Å²) in [6, 6.07) is 9.40. The molecule has 7 nitrogen and oxygen atoms in total. The first-order chi connectivity index (χ1) is 12.6. The van der Waals surface area contributed by atoms with Crippen LogP contribution < -0.4 is 9.61 Å². The molecule has 132 valence electrons. The minimum Gasteiger partial charge on any atom is -0.494 e. The number of nitrogens with zero attached hydrogens (tertiary/aromatic N) is 2. The normalized spacial score (nSPS) is 12.3. The lowest BCUT2D eigenvalue weighted by Gasteiger charge is -2.12. The van der Waals surface area contributed by atoms with E-state index in [1.165, 1.54) is 0 Å². The molecular formula is C18H16N4O3S. The van der Waals surface area contributed by atoms with E-state index in [4.69, 9.17) is 4.74 Å². The Hall–Kier alpha value is -3.13. The summed E-state index contributed by atoms with van der Waals surface area (Å²) in [5, 5.41) is 9.67. The second kappa shape index (κ2) is 6.64. The Labute approximate surface area is 152 Å². The number of pyridine rings is 1. The number of aromatic amines is 2. The maximum Gasteiger partial charge on any atom is 0.307 e. The highest BCUT2D eigenvalue weighted by molar-refractivity contribution is 7.09. The number of rotatable bonds is 5. The van der Waals surface area contributed by atoms with Gasteiger partial charge in [0.25, 0.3) is 0 Å². The van der Waals surface area contributed by atoms with Crippen LogP contribution in [0.5, 0.6) is 11.6 Å². The molecule has 3 aromatic heterocycles. The van der Waals surface area contributed by atoms with Gasteiger partial charge in [0.2, 0.25) is 5.88 Å². The number of aromatic nitrogens is 4. The summed E-state index contributed by atoms with van der Waals surface area (Å²) in [6.07, 6.45) is 3.68. The SMILES string of the molecule is CC(Oc1ccc(Cc2sc(=O)[nH]c2O)cc1)c1nc2ccncc2[nH]1. The van der Waals surface area contributed by atoms with Gasteiger partial charge in [-0.05, 0) is 30.7 Å². The third kappa shape index (κ3) is 3.31. The molecule has 4 rings (SSSR count). The van der Waals surface area contributed by atoms with E-state index >= 15 is 0 Å². The van der Waals surface area contributed by atoms with E-state index in [0.717, 1.165) is 33.8 Å². The summed E-state index contributed by atoms with van der Waals surface area (Å²) in [5.74, 6) is 1.39. The number of benzene rings is 1. The molecule has 8 heteroatoms. The molecule has 3 N–H and O–H groups in total. The standard InChI is InChI=1S/C18H16N4O3S/c1-10(16-20-13-6-7-19-9-14(13)21-16)25-12-4-2-11(3-5-12)8-15-17(23)22-18(24)26-15/h2-7,9-10,23H,8H2,1H3,(H,20,21)(H,22,24). The highest BCUT2D eigenvalue weighted by atomic mass is 32.1. The van der Waals surface area contributed by atoms with Gasteiger partial charge in [-0.2, -0.15) is 0 Å². The van der Waals surface area contributed by atoms with E-state index < -0.39 is 0 Å². The first-order valence-corrected chi connectivity index (χ1v) is 8.86. The Balaban J connectivity index is 1.46. The quantitative estimate of drug-likeness (QED) is 0.502. The average molecular weight is 368 g/mol. The van der Waals surface area contributed by atoms with Gasteiger partial charge in [0.1, 0.15) is 11.6 Å². The zero-order chi connectivity index (χ0) is 18.1.